The van der Waals surface area contributed by atoms with Crippen LogP contribution in [0, 0.1) is 0 Å². The number of morpholine rings is 1. The van der Waals surface area contributed by atoms with Gasteiger partial charge in [0.25, 0.3) is 0 Å². The second-order valence-corrected chi connectivity index (χ2v) is 6.16. The first-order chi connectivity index (χ1) is 12.2. The minimum absolute atomic E-state index is 0.0321. The number of fused-ring (bicyclic) bond motifs is 1. The standard InChI is InChI=1S/C19H24N2O4/c1-3-21(4-2)17-6-5-13-9-14(12-22)19(23)25-18(13)16(17)10-15-11-20-7-8-24-15/h5-6,9,12,15,20H,3-4,7-8,10-11H2,1-2H3. The van der Waals surface area contributed by atoms with Crippen molar-refractivity contribution in [2.45, 2.75) is 26.4 Å². The summed E-state index contributed by atoms with van der Waals surface area (Å²) in [6, 6.07) is 5.54. The number of anilines is 1. The highest BCUT2D eigenvalue weighted by atomic mass is 16.5. The Kier molecular flexibility index (Phi) is 5.50. The highest BCUT2D eigenvalue weighted by Gasteiger charge is 2.21. The molecule has 2 heterocycles. The largest absolute Gasteiger partial charge is 0.422 e. The average Bonchev–Trinajstić information content (AvgIpc) is 2.64. The number of hydrogen-bond acceptors (Lipinski definition) is 6. The molecule has 1 aromatic carbocycles. The van der Waals surface area contributed by atoms with Gasteiger partial charge in [-0.25, -0.2) is 4.79 Å². The van der Waals surface area contributed by atoms with E-state index in [2.05, 4.69) is 24.1 Å². The van der Waals surface area contributed by atoms with E-state index in [1.165, 1.54) is 0 Å². The van der Waals surface area contributed by atoms with Crippen LogP contribution >= 0.6 is 0 Å². The molecule has 0 spiro atoms. The van der Waals surface area contributed by atoms with Gasteiger partial charge < -0.3 is 19.4 Å². The summed E-state index contributed by atoms with van der Waals surface area (Å²) in [5.74, 6) is 0. The van der Waals surface area contributed by atoms with Crippen molar-refractivity contribution in [3.63, 3.8) is 0 Å². The Bertz CT molecular complexity index is 805. The van der Waals surface area contributed by atoms with Gasteiger partial charge >= 0.3 is 5.63 Å². The third kappa shape index (κ3) is 3.60. The summed E-state index contributed by atoms with van der Waals surface area (Å²) >= 11 is 0. The number of rotatable bonds is 6. The first kappa shape index (κ1) is 17.6. The van der Waals surface area contributed by atoms with E-state index in [4.69, 9.17) is 9.15 Å². The molecular formula is C19H24N2O4. The molecule has 1 fully saturated rings. The Hall–Kier alpha value is -2.18. The van der Waals surface area contributed by atoms with Crippen LogP contribution in [0.15, 0.2) is 27.4 Å². The van der Waals surface area contributed by atoms with Crippen molar-refractivity contribution in [3.8, 4) is 0 Å². The van der Waals surface area contributed by atoms with Gasteiger partial charge in [0.1, 0.15) is 11.1 Å². The van der Waals surface area contributed by atoms with Gasteiger partial charge in [-0.15, -0.1) is 0 Å². The summed E-state index contributed by atoms with van der Waals surface area (Å²) in [7, 11) is 0. The van der Waals surface area contributed by atoms with Crippen LogP contribution in [-0.4, -0.2) is 45.2 Å². The van der Waals surface area contributed by atoms with Crippen molar-refractivity contribution in [3.05, 3.63) is 39.7 Å². The van der Waals surface area contributed by atoms with Crippen LogP contribution in [0.25, 0.3) is 11.0 Å². The van der Waals surface area contributed by atoms with E-state index in [1.54, 1.807) is 6.07 Å². The van der Waals surface area contributed by atoms with Gasteiger partial charge in [0, 0.05) is 49.2 Å². The summed E-state index contributed by atoms with van der Waals surface area (Å²) in [5, 5.41) is 4.09. The van der Waals surface area contributed by atoms with Gasteiger partial charge in [0.05, 0.1) is 12.7 Å². The molecule has 1 unspecified atom stereocenters. The zero-order valence-corrected chi connectivity index (χ0v) is 14.7. The molecule has 1 aliphatic rings. The van der Waals surface area contributed by atoms with E-state index in [1.807, 2.05) is 12.1 Å². The molecule has 2 aromatic rings. The number of ether oxygens (including phenoxy) is 1. The van der Waals surface area contributed by atoms with E-state index in [9.17, 15) is 9.59 Å². The quantitative estimate of drug-likeness (QED) is 0.638. The van der Waals surface area contributed by atoms with Crippen LogP contribution in [-0.2, 0) is 11.2 Å². The second kappa shape index (κ2) is 7.80. The van der Waals surface area contributed by atoms with Gasteiger partial charge in [0.15, 0.2) is 6.29 Å². The van der Waals surface area contributed by atoms with E-state index in [0.717, 1.165) is 42.8 Å². The molecule has 1 atom stereocenters. The monoisotopic (exact) mass is 344 g/mol. The van der Waals surface area contributed by atoms with Crippen molar-refractivity contribution in [1.82, 2.24) is 5.32 Å². The molecule has 0 amide bonds. The molecule has 3 rings (SSSR count). The molecule has 0 saturated carbocycles. The summed E-state index contributed by atoms with van der Waals surface area (Å²) in [4.78, 5) is 25.4. The fraction of sp³-hybridized carbons (Fsp3) is 0.474. The maximum absolute atomic E-state index is 12.1. The molecule has 1 aromatic heterocycles. The highest BCUT2D eigenvalue weighted by molar-refractivity contribution is 5.89. The third-order valence-corrected chi connectivity index (χ3v) is 4.67. The maximum Gasteiger partial charge on any atom is 0.346 e. The minimum Gasteiger partial charge on any atom is -0.422 e. The first-order valence-corrected chi connectivity index (χ1v) is 8.80. The highest BCUT2D eigenvalue weighted by Crippen LogP contribution is 2.30. The Morgan fingerprint density at radius 3 is 2.76 bits per heavy atom. The summed E-state index contributed by atoms with van der Waals surface area (Å²) < 4.78 is 11.4. The topological polar surface area (TPSA) is 71.8 Å². The van der Waals surface area contributed by atoms with Gasteiger partial charge in [-0.05, 0) is 32.0 Å². The average molecular weight is 344 g/mol. The molecule has 6 heteroatoms. The normalized spacial score (nSPS) is 17.6. The van der Waals surface area contributed by atoms with Gasteiger partial charge in [-0.1, -0.05) is 0 Å². The van der Waals surface area contributed by atoms with E-state index in [0.29, 0.717) is 24.9 Å². The lowest BCUT2D eigenvalue weighted by Gasteiger charge is -2.28. The van der Waals surface area contributed by atoms with Crippen molar-refractivity contribution in [2.24, 2.45) is 0 Å². The molecule has 1 aliphatic heterocycles. The van der Waals surface area contributed by atoms with E-state index in [-0.39, 0.29) is 11.7 Å². The lowest BCUT2D eigenvalue weighted by Crippen LogP contribution is -2.40. The van der Waals surface area contributed by atoms with E-state index < -0.39 is 5.63 Å². The van der Waals surface area contributed by atoms with Gasteiger partial charge in [-0.3, -0.25) is 4.79 Å². The van der Waals surface area contributed by atoms with Crippen LogP contribution in [0.5, 0.6) is 0 Å². The Labute approximate surface area is 146 Å². The number of nitrogens with one attached hydrogen (secondary N) is 1. The second-order valence-electron chi connectivity index (χ2n) is 6.16. The Morgan fingerprint density at radius 1 is 1.32 bits per heavy atom. The molecule has 6 nitrogen and oxygen atoms in total. The van der Waals surface area contributed by atoms with Crippen molar-refractivity contribution in [2.75, 3.05) is 37.7 Å². The van der Waals surface area contributed by atoms with Gasteiger partial charge in [-0.2, -0.15) is 0 Å². The fourth-order valence-corrected chi connectivity index (χ4v) is 3.37. The number of nitrogens with zero attached hydrogens (tertiary/aromatic N) is 1. The molecule has 1 saturated heterocycles. The Balaban J connectivity index is 2.14. The number of carbonyl (C=O) groups excluding carboxylic acids is 1. The van der Waals surface area contributed by atoms with Crippen LogP contribution in [0.1, 0.15) is 29.8 Å². The van der Waals surface area contributed by atoms with Crippen molar-refractivity contribution < 1.29 is 13.9 Å². The van der Waals surface area contributed by atoms with E-state index >= 15 is 0 Å². The van der Waals surface area contributed by atoms with Crippen molar-refractivity contribution in [1.29, 1.82) is 0 Å². The van der Waals surface area contributed by atoms with Crippen LogP contribution in [0.2, 0.25) is 0 Å². The number of hydrogen-bond donors (Lipinski definition) is 1. The lowest BCUT2D eigenvalue weighted by atomic mass is 10.00. The number of carbonyl (C=O) groups is 1. The summed E-state index contributed by atoms with van der Waals surface area (Å²) in [6.07, 6.45) is 1.22. The van der Waals surface area contributed by atoms with Crippen LogP contribution < -0.4 is 15.8 Å². The predicted molar refractivity (Wildman–Crippen MR) is 97.7 cm³/mol. The summed E-state index contributed by atoms with van der Waals surface area (Å²) in [5.41, 5.74) is 2.01. The molecule has 0 bridgehead atoms. The molecule has 1 N–H and O–H groups in total. The van der Waals surface area contributed by atoms with Crippen molar-refractivity contribution >= 4 is 22.9 Å². The number of aldehydes is 1. The molecular weight excluding hydrogens is 320 g/mol. The lowest BCUT2D eigenvalue weighted by molar-refractivity contribution is 0.0293. The predicted octanol–water partition coefficient (Wildman–Crippen LogP) is 1.98. The maximum atomic E-state index is 12.1. The number of benzene rings is 1. The zero-order chi connectivity index (χ0) is 17.8. The Morgan fingerprint density at radius 2 is 2.12 bits per heavy atom. The minimum atomic E-state index is -0.594. The third-order valence-electron chi connectivity index (χ3n) is 4.67. The van der Waals surface area contributed by atoms with Crippen LogP contribution in [0.4, 0.5) is 5.69 Å². The molecule has 0 radical (unpaired) electrons. The zero-order valence-electron chi connectivity index (χ0n) is 14.7. The fourth-order valence-electron chi connectivity index (χ4n) is 3.37. The molecule has 25 heavy (non-hydrogen) atoms. The first-order valence-electron chi connectivity index (χ1n) is 8.80. The molecule has 0 aliphatic carbocycles. The SMILES string of the molecule is CCN(CC)c1ccc2cc(C=O)c(=O)oc2c1CC1CNCCO1. The van der Waals surface area contributed by atoms with Crippen LogP contribution in [0.3, 0.4) is 0 Å². The smallest absolute Gasteiger partial charge is 0.346 e. The molecule has 134 valence electrons. The van der Waals surface area contributed by atoms with Gasteiger partial charge in [0.2, 0.25) is 0 Å². The summed E-state index contributed by atoms with van der Waals surface area (Å²) in [6.45, 7) is 8.21.